The van der Waals surface area contributed by atoms with E-state index in [2.05, 4.69) is 329 Å². The third-order valence-electron chi connectivity index (χ3n) is 20.7. The lowest BCUT2D eigenvalue weighted by molar-refractivity contribution is 0.590. The topological polar surface area (TPSA) is 9.86 Å². The third kappa shape index (κ3) is 8.32. The predicted octanol–water partition coefficient (Wildman–Crippen LogP) is 22.0. The Morgan fingerprint density at radius 2 is 0.703 bits per heavy atom. The molecule has 0 fully saturated rings. The molecule has 91 heavy (non-hydrogen) atoms. The number of hydrogen-bond acceptors (Lipinski definition) is 0. The van der Waals surface area contributed by atoms with Crippen molar-refractivity contribution in [2.45, 2.75) is 105 Å². The summed E-state index contributed by atoms with van der Waals surface area (Å²) in [6.45, 7) is 28.0. The highest BCUT2D eigenvalue weighted by Crippen LogP contribution is 2.50. The lowest BCUT2D eigenvalue weighted by Crippen LogP contribution is -2.59. The smallest absolute Gasteiger partial charge is 0.252 e. The number of nitrogens with zero attached hydrogens (tertiary/aromatic N) is 2. The van der Waals surface area contributed by atoms with Crippen molar-refractivity contribution in [3.63, 3.8) is 0 Å². The van der Waals surface area contributed by atoms with Crippen LogP contribution < -0.4 is 16.4 Å². The molecular formula is C88H75BN2. The van der Waals surface area contributed by atoms with Gasteiger partial charge in [-0.05, 0) is 185 Å². The van der Waals surface area contributed by atoms with Gasteiger partial charge in [0.25, 0.3) is 6.71 Å². The van der Waals surface area contributed by atoms with Gasteiger partial charge in [-0.1, -0.05) is 277 Å². The molecule has 0 spiro atoms. The third-order valence-corrected chi connectivity index (χ3v) is 20.7. The van der Waals surface area contributed by atoms with E-state index < -0.39 is 0 Å². The van der Waals surface area contributed by atoms with E-state index in [1.54, 1.807) is 0 Å². The van der Waals surface area contributed by atoms with Crippen molar-refractivity contribution >= 4 is 99.0 Å². The zero-order chi connectivity index (χ0) is 62.4. The molecule has 15 aromatic rings. The lowest BCUT2D eigenvalue weighted by atomic mass is 9.34. The molecule has 0 saturated carbocycles. The minimum atomic E-state index is -0.137. The van der Waals surface area contributed by atoms with Crippen LogP contribution in [0.5, 0.6) is 0 Å². The molecule has 3 heteroatoms. The van der Waals surface area contributed by atoms with Crippen LogP contribution in [-0.2, 0) is 21.7 Å². The highest BCUT2D eigenvalue weighted by molar-refractivity contribution is 7.00. The number of fused-ring (bicyclic) bond motifs is 17. The maximum Gasteiger partial charge on any atom is 0.252 e. The van der Waals surface area contributed by atoms with Crippen LogP contribution in [0.1, 0.15) is 105 Å². The Labute approximate surface area is 535 Å². The first kappa shape index (κ1) is 55.4. The standard InChI is InChI=1S/C88H75BN2/c1-85(2,3)57-37-33-53(34-38-57)63-31-22-32-64(54-35-39-58(40-36-54)86(4,5)6)79(63)56-47-77-82-78(48-56)91-76-44-42-69-67-29-19-18-27-65(67)66-28-20-21-30-68(66)80(69)81(76)72-45-55(62-26-17-16-25-61(62)52-23-14-13-15-24-52)46-73(84(72)91)89(82)74-51-60(88(10,11)12)50-71-70-49-59(87(7,8)9)41-43-75(70)90(77)83(71)74/h13-51H,1-12H3. The summed E-state index contributed by atoms with van der Waals surface area (Å²) in [7, 11) is 0. The van der Waals surface area contributed by atoms with Crippen molar-refractivity contribution in [1.29, 1.82) is 0 Å². The quantitative estimate of drug-likeness (QED) is 0.120. The molecule has 2 aliphatic heterocycles. The highest BCUT2D eigenvalue weighted by Gasteiger charge is 2.43. The van der Waals surface area contributed by atoms with Crippen LogP contribution in [0.4, 0.5) is 0 Å². The van der Waals surface area contributed by atoms with Crippen molar-refractivity contribution < 1.29 is 0 Å². The molecule has 0 amide bonds. The zero-order valence-corrected chi connectivity index (χ0v) is 54.5. The van der Waals surface area contributed by atoms with Crippen molar-refractivity contribution in [2.75, 3.05) is 0 Å². The van der Waals surface area contributed by atoms with Gasteiger partial charge < -0.3 is 9.13 Å². The van der Waals surface area contributed by atoms with Gasteiger partial charge in [-0.15, -0.1) is 0 Å². The Morgan fingerprint density at radius 3 is 1.29 bits per heavy atom. The number of rotatable bonds is 5. The molecule has 0 saturated heterocycles. The van der Waals surface area contributed by atoms with Crippen LogP contribution in [0.15, 0.2) is 237 Å². The van der Waals surface area contributed by atoms with Crippen LogP contribution in [0, 0.1) is 0 Å². The van der Waals surface area contributed by atoms with E-state index in [1.807, 2.05) is 0 Å². The molecule has 4 heterocycles. The highest BCUT2D eigenvalue weighted by atomic mass is 15.0. The van der Waals surface area contributed by atoms with Gasteiger partial charge in [0.1, 0.15) is 0 Å². The Kier molecular flexibility index (Phi) is 11.8. The zero-order valence-electron chi connectivity index (χ0n) is 54.5. The second-order valence-electron chi connectivity index (χ2n) is 30.5. The summed E-state index contributed by atoms with van der Waals surface area (Å²) in [5.41, 5.74) is 28.9. The molecule has 2 aliphatic rings. The van der Waals surface area contributed by atoms with Gasteiger partial charge in [0.15, 0.2) is 0 Å². The van der Waals surface area contributed by atoms with Gasteiger partial charge in [0, 0.05) is 49.3 Å². The summed E-state index contributed by atoms with van der Waals surface area (Å²) in [6.07, 6.45) is 0. The molecule has 2 aromatic heterocycles. The number of benzene rings is 13. The second-order valence-corrected chi connectivity index (χ2v) is 30.5. The normalized spacial score (nSPS) is 13.3. The number of aromatic nitrogens is 2. The summed E-state index contributed by atoms with van der Waals surface area (Å²) in [6, 6.07) is 92.2. The van der Waals surface area contributed by atoms with Gasteiger partial charge in [0.2, 0.25) is 0 Å². The molecule has 0 aliphatic carbocycles. The van der Waals surface area contributed by atoms with Gasteiger partial charge in [-0.2, -0.15) is 0 Å². The fourth-order valence-electron chi connectivity index (χ4n) is 16.0. The summed E-state index contributed by atoms with van der Waals surface area (Å²) < 4.78 is 5.43. The Bertz CT molecular complexity index is 5470. The molecule has 440 valence electrons. The van der Waals surface area contributed by atoms with Crippen LogP contribution in [0.2, 0.25) is 0 Å². The first-order chi connectivity index (χ1) is 43.7. The van der Waals surface area contributed by atoms with E-state index in [1.165, 1.54) is 182 Å². The van der Waals surface area contributed by atoms with Gasteiger partial charge in [-0.25, -0.2) is 0 Å². The van der Waals surface area contributed by atoms with Gasteiger partial charge in [0.05, 0.1) is 11.0 Å². The van der Waals surface area contributed by atoms with Crippen molar-refractivity contribution in [3.05, 3.63) is 259 Å². The largest absolute Gasteiger partial charge is 0.310 e. The molecule has 0 radical (unpaired) electrons. The lowest BCUT2D eigenvalue weighted by Gasteiger charge is -2.35. The molecule has 0 unspecified atom stereocenters. The molecular weight excluding hydrogens is 1100 g/mol. The summed E-state index contributed by atoms with van der Waals surface area (Å²) in [5, 5.41) is 12.9. The van der Waals surface area contributed by atoms with Crippen molar-refractivity contribution in [3.8, 4) is 67.0 Å². The van der Waals surface area contributed by atoms with E-state index in [0.29, 0.717) is 0 Å². The average molecular weight is 1170 g/mol. The van der Waals surface area contributed by atoms with Crippen LogP contribution in [-0.4, -0.2) is 15.8 Å². The van der Waals surface area contributed by atoms with Crippen LogP contribution in [0.3, 0.4) is 0 Å². The van der Waals surface area contributed by atoms with E-state index in [9.17, 15) is 0 Å². The van der Waals surface area contributed by atoms with E-state index in [-0.39, 0.29) is 28.4 Å². The Balaban J connectivity index is 1.09. The maximum atomic E-state index is 2.73. The van der Waals surface area contributed by atoms with E-state index >= 15 is 0 Å². The van der Waals surface area contributed by atoms with Crippen LogP contribution in [0.25, 0.3) is 143 Å². The average Bonchev–Trinajstić information content (AvgIpc) is 1.55. The molecule has 0 N–H and O–H groups in total. The Hall–Kier alpha value is -9.70. The maximum absolute atomic E-state index is 2.73. The first-order valence-electron chi connectivity index (χ1n) is 32.8. The second kappa shape index (κ2) is 19.4. The fourth-order valence-corrected chi connectivity index (χ4v) is 16.0. The van der Waals surface area contributed by atoms with Crippen molar-refractivity contribution in [1.82, 2.24) is 9.13 Å². The molecule has 0 atom stereocenters. The SMILES string of the molecule is CC(C)(C)c1ccc(-c2cccc(-c3ccc(C(C)(C)C)cc3)c2-c2cc3c4c(c2)-n2c5ccc6c7ccccc7c7ccccc7c6c5c5cc(-c6ccccc6-c6ccccc6)cc(c52)B4c2cc(C(C)(C)C)cc4c5cc(C(C)(C)C)ccc5n-3c24)cc1. The van der Waals surface area contributed by atoms with Gasteiger partial charge >= 0.3 is 0 Å². The predicted molar refractivity (Wildman–Crippen MR) is 394 cm³/mol. The van der Waals surface area contributed by atoms with Crippen LogP contribution >= 0.6 is 0 Å². The molecule has 2 nitrogen and oxygen atoms in total. The van der Waals surface area contributed by atoms with E-state index in [4.69, 9.17) is 0 Å². The van der Waals surface area contributed by atoms with E-state index in [0.717, 1.165) is 0 Å². The minimum absolute atomic E-state index is 0.0100. The number of hydrogen-bond donors (Lipinski definition) is 0. The fraction of sp³-hybridized carbons (Fsp3) is 0.182. The molecule has 0 bridgehead atoms. The Morgan fingerprint density at radius 1 is 0.264 bits per heavy atom. The minimum Gasteiger partial charge on any atom is -0.310 e. The summed E-state index contributed by atoms with van der Waals surface area (Å²) in [5.74, 6) is 0. The van der Waals surface area contributed by atoms with Gasteiger partial charge in [-0.3, -0.25) is 0 Å². The molecule has 17 rings (SSSR count). The summed E-state index contributed by atoms with van der Waals surface area (Å²) in [4.78, 5) is 0. The summed E-state index contributed by atoms with van der Waals surface area (Å²) >= 11 is 0. The van der Waals surface area contributed by atoms with Crippen molar-refractivity contribution in [2.24, 2.45) is 0 Å². The monoisotopic (exact) mass is 1170 g/mol. The molecule has 13 aromatic carbocycles. The first-order valence-corrected chi connectivity index (χ1v) is 32.8.